The molecule has 4 nitrogen and oxygen atoms in total. The minimum atomic E-state index is -0.0166. The second kappa shape index (κ2) is 7.45. The van der Waals surface area contributed by atoms with Gasteiger partial charge >= 0.3 is 0 Å². The molecule has 0 aliphatic rings. The number of aromatic nitrogens is 2. The number of rotatable bonds is 6. The second-order valence-electron chi connectivity index (χ2n) is 5.70. The number of H-pyrrole nitrogens is 1. The van der Waals surface area contributed by atoms with Crippen molar-refractivity contribution in [2.75, 3.05) is 18.0 Å². The zero-order chi connectivity index (χ0) is 16.9. The molecule has 0 saturated carbocycles. The first-order valence-corrected chi connectivity index (χ1v) is 8.63. The molecule has 0 saturated heterocycles. The van der Waals surface area contributed by atoms with Gasteiger partial charge in [-0.2, -0.15) is 0 Å². The predicted molar refractivity (Wildman–Crippen MR) is 102 cm³/mol. The average Bonchev–Trinajstić information content (AvgIpc) is 2.62. The van der Waals surface area contributed by atoms with Crippen molar-refractivity contribution in [2.24, 2.45) is 0 Å². The van der Waals surface area contributed by atoms with Crippen LogP contribution in [-0.2, 0) is 6.54 Å². The quantitative estimate of drug-likeness (QED) is 0.691. The van der Waals surface area contributed by atoms with Crippen molar-refractivity contribution in [1.82, 2.24) is 9.55 Å². The molecule has 3 aromatic rings. The number of fused-ring (bicyclic) bond motifs is 1. The van der Waals surface area contributed by atoms with Crippen LogP contribution in [0.3, 0.4) is 0 Å². The largest absolute Gasteiger partial charge is 0.372 e. The van der Waals surface area contributed by atoms with Gasteiger partial charge in [0.25, 0.3) is 5.56 Å². The van der Waals surface area contributed by atoms with Gasteiger partial charge in [0.1, 0.15) is 0 Å². The Kier molecular flexibility index (Phi) is 5.11. The highest BCUT2D eigenvalue weighted by Crippen LogP contribution is 2.13. The number of nitrogens with zero attached hydrogens (tertiary/aromatic N) is 2. The van der Waals surface area contributed by atoms with Crippen molar-refractivity contribution in [3.8, 4) is 0 Å². The van der Waals surface area contributed by atoms with Gasteiger partial charge in [-0.15, -0.1) is 0 Å². The van der Waals surface area contributed by atoms with Crippen LogP contribution in [-0.4, -0.2) is 22.6 Å². The molecule has 24 heavy (non-hydrogen) atoms. The van der Waals surface area contributed by atoms with Crippen LogP contribution in [0.2, 0.25) is 0 Å². The van der Waals surface area contributed by atoms with Crippen LogP contribution < -0.4 is 10.5 Å². The van der Waals surface area contributed by atoms with E-state index in [1.807, 2.05) is 42.5 Å². The summed E-state index contributed by atoms with van der Waals surface area (Å²) in [5.74, 6) is 0. The molecule has 0 aliphatic heterocycles. The monoisotopic (exact) mass is 339 g/mol. The Morgan fingerprint density at radius 3 is 2.54 bits per heavy atom. The van der Waals surface area contributed by atoms with Crippen LogP contribution in [0, 0.1) is 4.77 Å². The predicted octanol–water partition coefficient (Wildman–Crippen LogP) is 3.98. The van der Waals surface area contributed by atoms with E-state index in [-0.39, 0.29) is 5.56 Å². The lowest BCUT2D eigenvalue weighted by Crippen LogP contribution is -2.27. The van der Waals surface area contributed by atoms with Crippen LogP contribution in [0.4, 0.5) is 5.69 Å². The van der Waals surface area contributed by atoms with E-state index < -0.39 is 0 Å². The fourth-order valence-electron chi connectivity index (χ4n) is 2.93. The minimum absolute atomic E-state index is 0.0166. The fourth-order valence-corrected chi connectivity index (χ4v) is 3.21. The average molecular weight is 339 g/mol. The molecular formula is C19H21N3OS. The summed E-state index contributed by atoms with van der Waals surface area (Å²) in [6, 6.07) is 17.8. The van der Waals surface area contributed by atoms with E-state index in [4.69, 9.17) is 12.2 Å². The van der Waals surface area contributed by atoms with Crippen molar-refractivity contribution in [2.45, 2.75) is 19.9 Å². The molecule has 0 spiro atoms. The van der Waals surface area contributed by atoms with Crippen LogP contribution in [0.25, 0.3) is 10.9 Å². The van der Waals surface area contributed by atoms with Gasteiger partial charge in [0, 0.05) is 25.3 Å². The molecule has 3 rings (SSSR count). The van der Waals surface area contributed by atoms with Crippen molar-refractivity contribution >= 4 is 28.8 Å². The van der Waals surface area contributed by atoms with E-state index in [0.29, 0.717) is 16.7 Å². The number of hydrogen-bond donors (Lipinski definition) is 1. The number of anilines is 1. The lowest BCUT2D eigenvalue weighted by atomic mass is 10.2. The highest BCUT2D eigenvalue weighted by Gasteiger charge is 2.07. The first-order chi connectivity index (χ1) is 11.7. The van der Waals surface area contributed by atoms with E-state index in [1.54, 1.807) is 4.57 Å². The normalized spacial score (nSPS) is 10.9. The van der Waals surface area contributed by atoms with E-state index in [9.17, 15) is 4.79 Å². The Morgan fingerprint density at radius 1 is 1.08 bits per heavy atom. The maximum Gasteiger partial charge on any atom is 0.262 e. The summed E-state index contributed by atoms with van der Waals surface area (Å²) in [4.78, 5) is 18.1. The Labute approximate surface area is 146 Å². The fraction of sp³-hybridized carbons (Fsp3) is 0.263. The van der Waals surface area contributed by atoms with Gasteiger partial charge in [-0.1, -0.05) is 30.3 Å². The lowest BCUT2D eigenvalue weighted by molar-refractivity contribution is 0.599. The molecule has 0 unspecified atom stereocenters. The Balaban J connectivity index is 1.76. The van der Waals surface area contributed by atoms with Crippen LogP contribution in [0.5, 0.6) is 0 Å². The third-order valence-corrected chi connectivity index (χ3v) is 4.52. The maximum absolute atomic E-state index is 12.6. The van der Waals surface area contributed by atoms with Crippen molar-refractivity contribution < 1.29 is 0 Å². The summed E-state index contributed by atoms with van der Waals surface area (Å²) < 4.78 is 2.15. The highest BCUT2D eigenvalue weighted by atomic mass is 32.1. The van der Waals surface area contributed by atoms with Crippen molar-refractivity contribution in [3.05, 3.63) is 69.7 Å². The molecule has 5 heteroatoms. The third kappa shape index (κ3) is 3.41. The number of aromatic amines is 1. The number of hydrogen-bond acceptors (Lipinski definition) is 3. The summed E-state index contributed by atoms with van der Waals surface area (Å²) >= 11 is 5.36. The number of benzene rings is 2. The van der Waals surface area contributed by atoms with Crippen molar-refractivity contribution in [3.63, 3.8) is 0 Å². The SMILES string of the molecule is CCN(CCCn1c(=S)[nH]c2ccccc2c1=O)c1ccccc1. The Bertz CT molecular complexity index is 930. The highest BCUT2D eigenvalue weighted by molar-refractivity contribution is 7.71. The zero-order valence-electron chi connectivity index (χ0n) is 13.7. The summed E-state index contributed by atoms with van der Waals surface area (Å²) in [6.45, 7) is 4.57. The molecule has 0 bridgehead atoms. The molecule has 0 radical (unpaired) electrons. The third-order valence-electron chi connectivity index (χ3n) is 4.20. The summed E-state index contributed by atoms with van der Waals surface area (Å²) in [6.07, 6.45) is 0.860. The Morgan fingerprint density at radius 2 is 1.79 bits per heavy atom. The summed E-state index contributed by atoms with van der Waals surface area (Å²) in [7, 11) is 0. The van der Waals surface area contributed by atoms with E-state index in [0.717, 1.165) is 25.0 Å². The molecule has 2 aromatic carbocycles. The van der Waals surface area contributed by atoms with Crippen molar-refractivity contribution in [1.29, 1.82) is 0 Å². The zero-order valence-corrected chi connectivity index (χ0v) is 14.6. The number of para-hydroxylation sites is 2. The molecule has 0 atom stereocenters. The van der Waals surface area contributed by atoms with Gasteiger partial charge in [0.15, 0.2) is 4.77 Å². The van der Waals surface area contributed by atoms with E-state index in [1.165, 1.54) is 5.69 Å². The smallest absolute Gasteiger partial charge is 0.262 e. The molecule has 0 amide bonds. The molecule has 124 valence electrons. The molecule has 0 aliphatic carbocycles. The van der Waals surface area contributed by atoms with Gasteiger partial charge in [-0.3, -0.25) is 9.36 Å². The van der Waals surface area contributed by atoms with Gasteiger partial charge in [0.2, 0.25) is 0 Å². The topological polar surface area (TPSA) is 41.0 Å². The lowest BCUT2D eigenvalue weighted by Gasteiger charge is -2.23. The number of nitrogens with one attached hydrogen (secondary N) is 1. The van der Waals surface area contributed by atoms with E-state index in [2.05, 4.69) is 28.9 Å². The van der Waals surface area contributed by atoms with Gasteiger partial charge in [0.05, 0.1) is 10.9 Å². The first-order valence-electron chi connectivity index (χ1n) is 8.22. The van der Waals surface area contributed by atoms with Crippen LogP contribution in [0.15, 0.2) is 59.4 Å². The van der Waals surface area contributed by atoms with Crippen LogP contribution in [0.1, 0.15) is 13.3 Å². The maximum atomic E-state index is 12.6. The van der Waals surface area contributed by atoms with Gasteiger partial charge < -0.3 is 9.88 Å². The molecule has 1 N–H and O–H groups in total. The minimum Gasteiger partial charge on any atom is -0.372 e. The molecule has 1 aromatic heterocycles. The van der Waals surface area contributed by atoms with Gasteiger partial charge in [-0.25, -0.2) is 0 Å². The molecule has 1 heterocycles. The van der Waals surface area contributed by atoms with Crippen LogP contribution >= 0.6 is 12.2 Å². The summed E-state index contributed by atoms with van der Waals surface area (Å²) in [5, 5.41) is 0.682. The standard InChI is InChI=1S/C19H21N3OS/c1-2-21(15-9-4-3-5-10-15)13-8-14-22-18(23)16-11-6-7-12-17(16)20-19(22)24/h3-7,9-12H,2,8,13-14H2,1H3,(H,20,24). The summed E-state index contributed by atoms with van der Waals surface area (Å²) in [5.41, 5.74) is 1.98. The Hall–Kier alpha value is -2.40. The first kappa shape index (κ1) is 16.5. The van der Waals surface area contributed by atoms with E-state index >= 15 is 0 Å². The molecule has 0 fully saturated rings. The molecular weight excluding hydrogens is 318 g/mol. The second-order valence-corrected chi connectivity index (χ2v) is 6.09. The van der Waals surface area contributed by atoms with Gasteiger partial charge in [-0.05, 0) is 49.8 Å².